The lowest BCUT2D eigenvalue weighted by Crippen LogP contribution is -2.21. The number of hydrogen-bond acceptors (Lipinski definition) is 4. The molecule has 0 aliphatic rings. The molecule has 0 atom stereocenters. The van der Waals surface area contributed by atoms with Gasteiger partial charge in [0.2, 0.25) is 0 Å². The minimum absolute atomic E-state index is 0.0101. The van der Waals surface area contributed by atoms with Gasteiger partial charge in [-0.05, 0) is 35.8 Å². The molecule has 0 aliphatic heterocycles. The van der Waals surface area contributed by atoms with Crippen LogP contribution in [-0.4, -0.2) is 23.6 Å². The quantitative estimate of drug-likeness (QED) is 0.885. The molecule has 0 spiro atoms. The molecule has 88 valence electrons. The number of nitrogens with one attached hydrogen (secondary N) is 1. The molecular formula is C10H14BrN3O2. The predicted molar refractivity (Wildman–Crippen MR) is 66.1 cm³/mol. The van der Waals surface area contributed by atoms with Crippen molar-refractivity contribution in [2.75, 3.05) is 17.7 Å². The third kappa shape index (κ3) is 4.16. The first kappa shape index (κ1) is 12.9. The van der Waals surface area contributed by atoms with Crippen LogP contribution >= 0.6 is 15.9 Å². The van der Waals surface area contributed by atoms with Crippen molar-refractivity contribution in [3.63, 3.8) is 0 Å². The van der Waals surface area contributed by atoms with Gasteiger partial charge >= 0.3 is 0 Å². The smallest absolute Gasteiger partial charge is 0.251 e. The van der Waals surface area contributed by atoms with E-state index in [1.807, 2.05) is 13.8 Å². The van der Waals surface area contributed by atoms with Crippen LogP contribution in [0.3, 0.4) is 0 Å². The van der Waals surface area contributed by atoms with Crippen LogP contribution in [0.25, 0.3) is 0 Å². The van der Waals surface area contributed by atoms with E-state index < -0.39 is 0 Å². The Hall–Kier alpha value is -1.14. The topological polar surface area (TPSA) is 77.2 Å². The van der Waals surface area contributed by atoms with Crippen LogP contribution in [0.1, 0.15) is 13.8 Å². The van der Waals surface area contributed by atoms with Crippen LogP contribution in [-0.2, 0) is 9.53 Å². The zero-order valence-corrected chi connectivity index (χ0v) is 10.7. The molecule has 0 aliphatic carbocycles. The summed E-state index contributed by atoms with van der Waals surface area (Å²) in [5, 5.41) is 2.62. The van der Waals surface area contributed by atoms with E-state index in [9.17, 15) is 4.79 Å². The molecule has 6 heteroatoms. The van der Waals surface area contributed by atoms with Gasteiger partial charge < -0.3 is 15.8 Å². The monoisotopic (exact) mass is 287 g/mol. The number of anilines is 2. The summed E-state index contributed by atoms with van der Waals surface area (Å²) < 4.78 is 5.80. The number of carbonyl (C=O) groups excluding carboxylic acids is 1. The molecule has 3 N–H and O–H groups in total. The summed E-state index contributed by atoms with van der Waals surface area (Å²) in [4.78, 5) is 15.4. The van der Waals surface area contributed by atoms with Crippen LogP contribution in [0.15, 0.2) is 16.7 Å². The third-order valence-corrected chi connectivity index (χ3v) is 2.27. The molecule has 1 amide bonds. The Labute approximate surface area is 103 Å². The van der Waals surface area contributed by atoms with Crippen molar-refractivity contribution in [3.05, 3.63) is 16.7 Å². The van der Waals surface area contributed by atoms with E-state index in [4.69, 9.17) is 10.5 Å². The number of carbonyl (C=O) groups is 1. The number of nitrogen functional groups attached to an aromatic ring is 1. The highest BCUT2D eigenvalue weighted by molar-refractivity contribution is 9.10. The van der Waals surface area contributed by atoms with E-state index in [2.05, 4.69) is 26.2 Å². The number of ether oxygens (including phenoxy) is 1. The lowest BCUT2D eigenvalue weighted by molar-refractivity contribution is -0.121. The van der Waals surface area contributed by atoms with Crippen molar-refractivity contribution in [2.45, 2.75) is 20.0 Å². The second-order valence-corrected chi connectivity index (χ2v) is 4.36. The molecule has 16 heavy (non-hydrogen) atoms. The van der Waals surface area contributed by atoms with E-state index in [1.54, 1.807) is 6.07 Å². The lowest BCUT2D eigenvalue weighted by atomic mass is 10.4. The summed E-state index contributed by atoms with van der Waals surface area (Å²) in [7, 11) is 0. The number of halogens is 1. The first-order chi connectivity index (χ1) is 7.49. The van der Waals surface area contributed by atoms with Gasteiger partial charge in [-0.1, -0.05) is 0 Å². The molecule has 0 saturated carbocycles. The van der Waals surface area contributed by atoms with Gasteiger partial charge in [0.05, 0.1) is 22.5 Å². The van der Waals surface area contributed by atoms with Crippen LogP contribution in [0, 0.1) is 0 Å². The molecule has 1 aromatic heterocycles. The average molecular weight is 288 g/mol. The molecule has 0 unspecified atom stereocenters. The Morgan fingerprint density at radius 2 is 2.38 bits per heavy atom. The Morgan fingerprint density at radius 3 is 2.94 bits per heavy atom. The number of amides is 1. The maximum atomic E-state index is 11.4. The van der Waals surface area contributed by atoms with Gasteiger partial charge in [-0.25, -0.2) is 4.98 Å². The van der Waals surface area contributed by atoms with Gasteiger partial charge in [0, 0.05) is 0 Å². The van der Waals surface area contributed by atoms with Gasteiger partial charge in [0.1, 0.15) is 12.4 Å². The largest absolute Gasteiger partial charge is 0.397 e. The average Bonchev–Trinajstić information content (AvgIpc) is 2.19. The fraction of sp³-hybridized carbons (Fsp3) is 0.400. The number of nitrogens with two attached hydrogens (primary N) is 1. The summed E-state index contributed by atoms with van der Waals surface area (Å²) in [5.74, 6) is 0.193. The highest BCUT2D eigenvalue weighted by atomic mass is 79.9. The van der Waals surface area contributed by atoms with Crippen molar-refractivity contribution in [1.82, 2.24) is 4.98 Å². The molecule has 1 heterocycles. The van der Waals surface area contributed by atoms with E-state index in [-0.39, 0.29) is 18.6 Å². The van der Waals surface area contributed by atoms with Crippen molar-refractivity contribution < 1.29 is 9.53 Å². The lowest BCUT2D eigenvalue weighted by Gasteiger charge is -2.09. The summed E-state index contributed by atoms with van der Waals surface area (Å²) in [6.07, 6.45) is 1.50. The summed E-state index contributed by atoms with van der Waals surface area (Å²) in [6.45, 7) is 3.74. The second kappa shape index (κ2) is 5.81. The summed E-state index contributed by atoms with van der Waals surface area (Å²) in [6, 6.07) is 1.67. The number of nitrogens with zero attached hydrogens (tertiary/aromatic N) is 1. The molecule has 0 fully saturated rings. The first-order valence-corrected chi connectivity index (χ1v) is 5.61. The fourth-order valence-corrected chi connectivity index (χ4v) is 1.42. The SMILES string of the molecule is CC(C)OCC(=O)Nc1ncc(N)cc1Br. The van der Waals surface area contributed by atoms with Gasteiger partial charge in [-0.3, -0.25) is 4.79 Å². The zero-order chi connectivity index (χ0) is 12.1. The maximum absolute atomic E-state index is 11.4. The Morgan fingerprint density at radius 1 is 1.69 bits per heavy atom. The Kier molecular flexibility index (Phi) is 4.70. The van der Waals surface area contributed by atoms with Crippen molar-refractivity contribution in [2.24, 2.45) is 0 Å². The molecule has 0 saturated heterocycles. The molecule has 0 bridgehead atoms. The van der Waals surface area contributed by atoms with Crippen LogP contribution in [0.4, 0.5) is 11.5 Å². The number of pyridine rings is 1. The van der Waals surface area contributed by atoms with Crippen LogP contribution in [0.5, 0.6) is 0 Å². The minimum Gasteiger partial charge on any atom is -0.397 e. The van der Waals surface area contributed by atoms with E-state index in [0.717, 1.165) is 0 Å². The van der Waals surface area contributed by atoms with Crippen molar-refractivity contribution >= 4 is 33.3 Å². The third-order valence-electron chi connectivity index (χ3n) is 1.67. The van der Waals surface area contributed by atoms with Crippen molar-refractivity contribution in [1.29, 1.82) is 0 Å². The van der Waals surface area contributed by atoms with Crippen LogP contribution < -0.4 is 11.1 Å². The minimum atomic E-state index is -0.244. The molecule has 0 aromatic carbocycles. The second-order valence-electron chi connectivity index (χ2n) is 3.51. The first-order valence-electron chi connectivity index (χ1n) is 4.81. The predicted octanol–water partition coefficient (Wildman–Crippen LogP) is 1.79. The van der Waals surface area contributed by atoms with Gasteiger partial charge in [-0.15, -0.1) is 0 Å². The Balaban J connectivity index is 2.56. The number of rotatable bonds is 4. The Bertz CT molecular complexity index is 382. The number of hydrogen-bond donors (Lipinski definition) is 2. The highest BCUT2D eigenvalue weighted by Crippen LogP contribution is 2.21. The van der Waals surface area contributed by atoms with E-state index in [1.165, 1.54) is 6.20 Å². The maximum Gasteiger partial charge on any atom is 0.251 e. The fourth-order valence-electron chi connectivity index (χ4n) is 0.955. The van der Waals surface area contributed by atoms with E-state index in [0.29, 0.717) is 16.0 Å². The van der Waals surface area contributed by atoms with E-state index >= 15 is 0 Å². The summed E-state index contributed by atoms with van der Waals surface area (Å²) in [5.41, 5.74) is 6.06. The van der Waals surface area contributed by atoms with Gasteiger partial charge in [0.25, 0.3) is 5.91 Å². The molecule has 0 radical (unpaired) electrons. The normalized spacial score (nSPS) is 10.5. The number of aromatic nitrogens is 1. The molecule has 1 aromatic rings. The summed E-state index contributed by atoms with van der Waals surface area (Å²) >= 11 is 3.26. The van der Waals surface area contributed by atoms with Crippen LogP contribution in [0.2, 0.25) is 0 Å². The zero-order valence-electron chi connectivity index (χ0n) is 9.16. The van der Waals surface area contributed by atoms with Gasteiger partial charge in [0.15, 0.2) is 0 Å². The van der Waals surface area contributed by atoms with Gasteiger partial charge in [-0.2, -0.15) is 0 Å². The van der Waals surface area contributed by atoms with Crippen molar-refractivity contribution in [3.8, 4) is 0 Å². The highest BCUT2D eigenvalue weighted by Gasteiger charge is 2.07. The molecule has 5 nitrogen and oxygen atoms in total. The standard InChI is InChI=1S/C10H14BrN3O2/c1-6(2)16-5-9(15)14-10-8(11)3-7(12)4-13-10/h3-4,6H,5,12H2,1-2H3,(H,13,14,15). The molecule has 1 rings (SSSR count). The molecular weight excluding hydrogens is 274 g/mol.